The van der Waals surface area contributed by atoms with E-state index in [0.29, 0.717) is 31.2 Å². The quantitative estimate of drug-likeness (QED) is 0.929. The SMILES string of the molecule is OC(CN1CCN(c2cccc(Cl)c2)CC1)C(F)(F)F. The molecule has 0 saturated carbocycles. The number of β-amino-alcohol motifs (C(OH)–C–C–N with tert-alkyl or cyclic N) is 1. The summed E-state index contributed by atoms with van der Waals surface area (Å²) in [5.41, 5.74) is 0.966. The third kappa shape index (κ3) is 4.01. The number of anilines is 1. The number of halogens is 4. The lowest BCUT2D eigenvalue weighted by Crippen LogP contribution is -2.50. The number of benzene rings is 1. The van der Waals surface area contributed by atoms with Crippen LogP contribution in [0, 0.1) is 0 Å². The van der Waals surface area contributed by atoms with Crippen LogP contribution in [0.2, 0.25) is 5.02 Å². The van der Waals surface area contributed by atoms with Crippen LogP contribution in [0.3, 0.4) is 0 Å². The zero-order valence-electron chi connectivity index (χ0n) is 10.8. The van der Waals surface area contributed by atoms with Crippen molar-refractivity contribution in [2.24, 2.45) is 0 Å². The molecule has 1 fully saturated rings. The number of nitrogens with zero attached hydrogens (tertiary/aromatic N) is 2. The van der Waals surface area contributed by atoms with Crippen LogP contribution < -0.4 is 4.90 Å². The van der Waals surface area contributed by atoms with Gasteiger partial charge in [-0.15, -0.1) is 0 Å². The molecule has 0 aliphatic carbocycles. The zero-order chi connectivity index (χ0) is 14.8. The monoisotopic (exact) mass is 308 g/mol. The highest BCUT2D eigenvalue weighted by Gasteiger charge is 2.39. The van der Waals surface area contributed by atoms with Gasteiger partial charge in [-0.2, -0.15) is 13.2 Å². The minimum absolute atomic E-state index is 0.368. The van der Waals surface area contributed by atoms with E-state index in [1.807, 2.05) is 18.2 Å². The average molecular weight is 309 g/mol. The fraction of sp³-hybridized carbons (Fsp3) is 0.538. The highest BCUT2D eigenvalue weighted by atomic mass is 35.5. The molecule has 1 aromatic rings. The predicted molar refractivity (Wildman–Crippen MR) is 72.2 cm³/mol. The summed E-state index contributed by atoms with van der Waals surface area (Å²) in [4.78, 5) is 3.70. The van der Waals surface area contributed by atoms with Gasteiger partial charge in [0.1, 0.15) is 0 Å². The maximum atomic E-state index is 12.3. The lowest BCUT2D eigenvalue weighted by molar-refractivity contribution is -0.208. The number of hydrogen-bond donors (Lipinski definition) is 1. The molecule has 112 valence electrons. The molecule has 1 atom stereocenters. The summed E-state index contributed by atoms with van der Waals surface area (Å²) in [6, 6.07) is 7.38. The minimum Gasteiger partial charge on any atom is -0.382 e. The first-order valence-electron chi connectivity index (χ1n) is 6.34. The first-order chi connectivity index (χ1) is 9.36. The highest BCUT2D eigenvalue weighted by molar-refractivity contribution is 6.30. The van der Waals surface area contributed by atoms with E-state index in [-0.39, 0.29) is 6.54 Å². The zero-order valence-corrected chi connectivity index (χ0v) is 11.5. The van der Waals surface area contributed by atoms with E-state index in [9.17, 15) is 13.2 Å². The molecule has 0 amide bonds. The van der Waals surface area contributed by atoms with Crippen molar-refractivity contribution in [3.63, 3.8) is 0 Å². The van der Waals surface area contributed by atoms with Crippen molar-refractivity contribution in [1.29, 1.82) is 0 Å². The van der Waals surface area contributed by atoms with Gasteiger partial charge in [0.2, 0.25) is 0 Å². The lowest BCUT2D eigenvalue weighted by atomic mass is 10.2. The molecule has 3 nitrogen and oxygen atoms in total. The third-order valence-corrected chi connectivity index (χ3v) is 3.59. The molecule has 0 spiro atoms. The second kappa shape index (κ2) is 6.20. The maximum Gasteiger partial charge on any atom is 0.415 e. The van der Waals surface area contributed by atoms with Gasteiger partial charge in [0.25, 0.3) is 0 Å². The fourth-order valence-corrected chi connectivity index (χ4v) is 2.39. The van der Waals surface area contributed by atoms with Crippen LogP contribution in [0.15, 0.2) is 24.3 Å². The number of alkyl halides is 3. The van der Waals surface area contributed by atoms with Crippen LogP contribution in [0.5, 0.6) is 0 Å². The summed E-state index contributed by atoms with van der Waals surface area (Å²) in [5, 5.41) is 9.70. The van der Waals surface area contributed by atoms with Crippen molar-refractivity contribution in [2.45, 2.75) is 12.3 Å². The van der Waals surface area contributed by atoms with Crippen molar-refractivity contribution in [1.82, 2.24) is 4.90 Å². The van der Waals surface area contributed by atoms with Crippen molar-refractivity contribution < 1.29 is 18.3 Å². The Hall–Kier alpha value is -0.980. The normalized spacial score (nSPS) is 19.1. The molecule has 1 aromatic carbocycles. The Bertz CT molecular complexity index is 447. The summed E-state index contributed by atoms with van der Waals surface area (Å²) in [6.45, 7) is 1.84. The van der Waals surface area contributed by atoms with Crippen LogP contribution in [-0.2, 0) is 0 Å². The standard InChI is InChI=1S/C13H16ClF3N2O/c14-10-2-1-3-11(8-10)19-6-4-18(5-7-19)9-12(20)13(15,16)17/h1-3,8,12,20H,4-7,9H2. The molecule has 0 aromatic heterocycles. The van der Waals surface area contributed by atoms with Gasteiger partial charge in [-0.05, 0) is 18.2 Å². The van der Waals surface area contributed by atoms with Gasteiger partial charge < -0.3 is 10.0 Å². The van der Waals surface area contributed by atoms with Gasteiger partial charge in [0, 0.05) is 43.4 Å². The van der Waals surface area contributed by atoms with E-state index in [1.165, 1.54) is 0 Å². The second-order valence-corrected chi connectivity index (χ2v) is 5.26. The Labute approximate surface area is 120 Å². The largest absolute Gasteiger partial charge is 0.415 e. The molecule has 0 bridgehead atoms. The van der Waals surface area contributed by atoms with E-state index in [2.05, 4.69) is 4.90 Å². The van der Waals surface area contributed by atoms with Gasteiger partial charge >= 0.3 is 6.18 Å². The molecule has 1 saturated heterocycles. The fourth-order valence-electron chi connectivity index (χ4n) is 2.21. The van der Waals surface area contributed by atoms with Crippen LogP contribution in [0.25, 0.3) is 0 Å². The molecule has 0 radical (unpaired) electrons. The van der Waals surface area contributed by atoms with E-state index < -0.39 is 12.3 Å². The number of rotatable bonds is 3. The van der Waals surface area contributed by atoms with Gasteiger partial charge in [0.15, 0.2) is 6.10 Å². The first-order valence-corrected chi connectivity index (χ1v) is 6.72. The molecular formula is C13H16ClF3N2O. The molecule has 1 heterocycles. The molecule has 1 unspecified atom stereocenters. The molecule has 7 heteroatoms. The van der Waals surface area contributed by atoms with Gasteiger partial charge in [-0.3, -0.25) is 4.90 Å². The van der Waals surface area contributed by atoms with Gasteiger partial charge in [0.05, 0.1) is 0 Å². The Morgan fingerprint density at radius 1 is 1.20 bits per heavy atom. The van der Waals surface area contributed by atoms with Gasteiger partial charge in [-0.25, -0.2) is 0 Å². The van der Waals surface area contributed by atoms with E-state index in [0.717, 1.165) is 5.69 Å². The van der Waals surface area contributed by atoms with Crippen LogP contribution in [0.4, 0.5) is 18.9 Å². The number of piperazine rings is 1. The number of hydrogen-bond acceptors (Lipinski definition) is 3. The van der Waals surface area contributed by atoms with Crippen LogP contribution in [0.1, 0.15) is 0 Å². The predicted octanol–water partition coefficient (Wildman–Crippen LogP) is 2.39. The summed E-state index contributed by atoms with van der Waals surface area (Å²) in [7, 11) is 0. The molecule has 1 aliphatic rings. The summed E-state index contributed by atoms with van der Waals surface area (Å²) >= 11 is 5.92. The van der Waals surface area contributed by atoms with Crippen molar-refractivity contribution in [3.8, 4) is 0 Å². The number of aliphatic hydroxyl groups excluding tert-OH is 1. The van der Waals surface area contributed by atoms with Crippen molar-refractivity contribution in [2.75, 3.05) is 37.6 Å². The molecular weight excluding hydrogens is 293 g/mol. The van der Waals surface area contributed by atoms with E-state index in [1.54, 1.807) is 11.0 Å². The van der Waals surface area contributed by atoms with E-state index >= 15 is 0 Å². The maximum absolute atomic E-state index is 12.3. The highest BCUT2D eigenvalue weighted by Crippen LogP contribution is 2.23. The Morgan fingerprint density at radius 2 is 1.85 bits per heavy atom. The first kappa shape index (κ1) is 15.4. The lowest BCUT2D eigenvalue weighted by Gasteiger charge is -2.37. The van der Waals surface area contributed by atoms with Gasteiger partial charge in [-0.1, -0.05) is 17.7 Å². The van der Waals surface area contributed by atoms with E-state index in [4.69, 9.17) is 16.7 Å². The topological polar surface area (TPSA) is 26.7 Å². The minimum atomic E-state index is -4.55. The molecule has 1 N–H and O–H groups in total. The van der Waals surface area contributed by atoms with Crippen LogP contribution in [-0.4, -0.2) is 55.0 Å². The van der Waals surface area contributed by atoms with Crippen LogP contribution >= 0.6 is 11.6 Å². The molecule has 20 heavy (non-hydrogen) atoms. The summed E-state index contributed by atoms with van der Waals surface area (Å²) < 4.78 is 36.9. The Morgan fingerprint density at radius 3 is 2.40 bits per heavy atom. The number of aliphatic hydroxyl groups is 1. The molecule has 1 aliphatic heterocycles. The second-order valence-electron chi connectivity index (χ2n) is 4.82. The smallest absolute Gasteiger partial charge is 0.382 e. The third-order valence-electron chi connectivity index (χ3n) is 3.35. The summed E-state index contributed by atoms with van der Waals surface area (Å²) in [6.07, 6.45) is -6.83. The average Bonchev–Trinajstić information content (AvgIpc) is 2.38. The Balaban J connectivity index is 1.87. The Kier molecular flexibility index (Phi) is 4.78. The molecule has 2 rings (SSSR count). The van der Waals surface area contributed by atoms with Crippen molar-refractivity contribution >= 4 is 17.3 Å². The van der Waals surface area contributed by atoms with Crippen molar-refractivity contribution in [3.05, 3.63) is 29.3 Å². The summed E-state index contributed by atoms with van der Waals surface area (Å²) in [5.74, 6) is 0.